The number of fused-ring (bicyclic) bond motifs is 1. The Morgan fingerprint density at radius 2 is 2.10 bits per heavy atom. The van der Waals surface area contributed by atoms with Crippen LogP contribution in [0.2, 0.25) is 0 Å². The van der Waals surface area contributed by atoms with Crippen molar-refractivity contribution >= 4 is 23.2 Å². The molecule has 0 fully saturated rings. The van der Waals surface area contributed by atoms with Gasteiger partial charge >= 0.3 is 5.97 Å². The fourth-order valence-electron chi connectivity index (χ4n) is 2.59. The lowest BCUT2D eigenvalue weighted by atomic mass is 9.95. The Kier molecular flexibility index (Phi) is 5.17. The zero-order valence-corrected chi connectivity index (χ0v) is 12.9. The smallest absolute Gasteiger partial charge is 0.325 e. The molecule has 0 aromatic carbocycles. The van der Waals surface area contributed by atoms with Crippen molar-refractivity contribution in [3.8, 4) is 0 Å². The second-order valence-electron chi connectivity index (χ2n) is 5.06. The first kappa shape index (κ1) is 15.0. The third-order valence-corrected chi connectivity index (χ3v) is 4.71. The van der Waals surface area contributed by atoms with Gasteiger partial charge in [0.15, 0.2) is 0 Å². The minimum atomic E-state index is -0.365. The van der Waals surface area contributed by atoms with E-state index >= 15 is 0 Å². The van der Waals surface area contributed by atoms with E-state index in [9.17, 15) is 9.59 Å². The van der Waals surface area contributed by atoms with Crippen molar-refractivity contribution in [1.82, 2.24) is 4.90 Å². The summed E-state index contributed by atoms with van der Waals surface area (Å²) >= 11 is 1.68. The van der Waals surface area contributed by atoms with E-state index in [0.29, 0.717) is 6.54 Å². The number of hydrogen-bond acceptors (Lipinski definition) is 4. The monoisotopic (exact) mass is 295 g/mol. The van der Waals surface area contributed by atoms with E-state index in [1.54, 1.807) is 16.2 Å². The van der Waals surface area contributed by atoms with Crippen LogP contribution in [0.3, 0.4) is 0 Å². The molecule has 5 heteroatoms. The molecule has 1 aliphatic rings. The molecule has 4 nitrogen and oxygen atoms in total. The molecule has 0 spiro atoms. The summed E-state index contributed by atoms with van der Waals surface area (Å²) in [4.78, 5) is 27.0. The molecule has 0 saturated heterocycles. The summed E-state index contributed by atoms with van der Waals surface area (Å²) in [6, 6.07) is 0. The van der Waals surface area contributed by atoms with Crippen LogP contribution in [-0.4, -0.2) is 37.0 Å². The van der Waals surface area contributed by atoms with Crippen molar-refractivity contribution in [3.63, 3.8) is 0 Å². The molecule has 1 heterocycles. The van der Waals surface area contributed by atoms with Gasteiger partial charge in [0.2, 0.25) is 0 Å². The van der Waals surface area contributed by atoms with E-state index in [0.717, 1.165) is 31.2 Å². The molecule has 0 atom stereocenters. The number of methoxy groups -OCH3 is 1. The lowest BCUT2D eigenvalue weighted by Crippen LogP contribution is -2.37. The van der Waals surface area contributed by atoms with E-state index in [4.69, 9.17) is 0 Å². The molecule has 1 amide bonds. The van der Waals surface area contributed by atoms with Gasteiger partial charge in [-0.15, -0.1) is 11.3 Å². The summed E-state index contributed by atoms with van der Waals surface area (Å²) < 4.78 is 4.68. The van der Waals surface area contributed by atoms with Gasteiger partial charge in [-0.25, -0.2) is 0 Å². The normalized spacial score (nSPS) is 13.7. The van der Waals surface area contributed by atoms with E-state index in [1.165, 1.54) is 24.0 Å². The predicted molar refractivity (Wildman–Crippen MR) is 79.2 cm³/mol. The number of carbonyl (C=O) groups excluding carboxylic acids is 2. The van der Waals surface area contributed by atoms with Gasteiger partial charge in [0.05, 0.1) is 12.7 Å². The van der Waals surface area contributed by atoms with Crippen LogP contribution >= 0.6 is 11.3 Å². The van der Waals surface area contributed by atoms with Crippen molar-refractivity contribution in [2.45, 2.75) is 39.0 Å². The maximum Gasteiger partial charge on any atom is 0.325 e. The SMILES string of the molecule is CCCN(CC(=O)OC)C(=O)c1csc2c1CCCC2. The molecule has 1 aromatic rings. The van der Waals surface area contributed by atoms with Gasteiger partial charge in [-0.3, -0.25) is 9.59 Å². The van der Waals surface area contributed by atoms with Crippen molar-refractivity contribution in [1.29, 1.82) is 0 Å². The number of nitrogens with zero attached hydrogens (tertiary/aromatic N) is 1. The van der Waals surface area contributed by atoms with Gasteiger partial charge in [-0.2, -0.15) is 0 Å². The van der Waals surface area contributed by atoms with Gasteiger partial charge in [0, 0.05) is 16.8 Å². The Balaban J connectivity index is 2.18. The number of amides is 1. The maximum atomic E-state index is 12.6. The van der Waals surface area contributed by atoms with Gasteiger partial charge in [0.25, 0.3) is 5.91 Å². The summed E-state index contributed by atoms with van der Waals surface area (Å²) in [5, 5.41) is 1.96. The molecule has 0 N–H and O–H groups in total. The quantitative estimate of drug-likeness (QED) is 0.785. The molecular formula is C15H21NO3S. The minimum Gasteiger partial charge on any atom is -0.468 e. The molecule has 0 bridgehead atoms. The average Bonchev–Trinajstić information content (AvgIpc) is 2.89. The third-order valence-electron chi connectivity index (χ3n) is 3.62. The maximum absolute atomic E-state index is 12.6. The summed E-state index contributed by atoms with van der Waals surface area (Å²) in [5.41, 5.74) is 2.00. The Morgan fingerprint density at radius 3 is 2.80 bits per heavy atom. The number of thiophene rings is 1. The Morgan fingerprint density at radius 1 is 1.35 bits per heavy atom. The molecule has 1 aromatic heterocycles. The van der Waals surface area contributed by atoms with Crippen LogP contribution in [-0.2, 0) is 22.4 Å². The Hall–Kier alpha value is -1.36. The zero-order valence-electron chi connectivity index (χ0n) is 12.1. The van der Waals surface area contributed by atoms with E-state index in [-0.39, 0.29) is 18.4 Å². The van der Waals surface area contributed by atoms with E-state index in [2.05, 4.69) is 4.74 Å². The van der Waals surface area contributed by atoms with Crippen LogP contribution in [0.4, 0.5) is 0 Å². The summed E-state index contributed by atoms with van der Waals surface area (Å²) in [6.45, 7) is 2.62. The molecule has 1 aliphatic carbocycles. The molecule has 0 unspecified atom stereocenters. The molecule has 0 aliphatic heterocycles. The zero-order chi connectivity index (χ0) is 14.5. The standard InChI is InChI=1S/C15H21NO3S/c1-3-8-16(9-14(17)19-2)15(18)12-10-20-13-7-5-4-6-11(12)13/h10H,3-9H2,1-2H3. The number of aryl methyl sites for hydroxylation is 1. The van der Waals surface area contributed by atoms with Crippen LogP contribution in [0.5, 0.6) is 0 Å². The molecule has 0 radical (unpaired) electrons. The largest absolute Gasteiger partial charge is 0.468 e. The third kappa shape index (κ3) is 3.20. The highest BCUT2D eigenvalue weighted by Gasteiger charge is 2.25. The topological polar surface area (TPSA) is 46.6 Å². The van der Waals surface area contributed by atoms with Crippen LogP contribution < -0.4 is 0 Å². The molecule has 0 saturated carbocycles. The van der Waals surface area contributed by atoms with Crippen LogP contribution in [0, 0.1) is 0 Å². The van der Waals surface area contributed by atoms with Gasteiger partial charge in [-0.1, -0.05) is 6.92 Å². The second-order valence-corrected chi connectivity index (χ2v) is 6.03. The first-order chi connectivity index (χ1) is 9.67. The summed E-state index contributed by atoms with van der Waals surface area (Å²) in [6.07, 6.45) is 5.25. The fraction of sp³-hybridized carbons (Fsp3) is 0.600. The molecule has 20 heavy (non-hydrogen) atoms. The molecule has 2 rings (SSSR count). The Bertz CT molecular complexity index is 495. The lowest BCUT2D eigenvalue weighted by Gasteiger charge is -2.22. The predicted octanol–water partition coefficient (Wildman–Crippen LogP) is 2.65. The van der Waals surface area contributed by atoms with Crippen LogP contribution in [0.25, 0.3) is 0 Å². The number of carbonyl (C=O) groups is 2. The Labute approximate surface area is 123 Å². The highest BCUT2D eigenvalue weighted by atomic mass is 32.1. The van der Waals surface area contributed by atoms with Crippen molar-refractivity contribution in [2.24, 2.45) is 0 Å². The van der Waals surface area contributed by atoms with Crippen molar-refractivity contribution in [2.75, 3.05) is 20.2 Å². The van der Waals surface area contributed by atoms with Crippen LogP contribution in [0.1, 0.15) is 47.0 Å². The highest BCUT2D eigenvalue weighted by molar-refractivity contribution is 7.10. The molecule has 110 valence electrons. The van der Waals surface area contributed by atoms with Gasteiger partial charge in [0.1, 0.15) is 6.54 Å². The van der Waals surface area contributed by atoms with Gasteiger partial charge < -0.3 is 9.64 Å². The van der Waals surface area contributed by atoms with E-state index in [1.807, 2.05) is 12.3 Å². The minimum absolute atomic E-state index is 0.0309. The van der Waals surface area contributed by atoms with Gasteiger partial charge in [-0.05, 0) is 37.7 Å². The lowest BCUT2D eigenvalue weighted by molar-refractivity contribution is -0.141. The second kappa shape index (κ2) is 6.88. The number of esters is 1. The highest BCUT2D eigenvalue weighted by Crippen LogP contribution is 2.30. The number of rotatable bonds is 5. The average molecular weight is 295 g/mol. The number of hydrogen-bond donors (Lipinski definition) is 0. The first-order valence-electron chi connectivity index (χ1n) is 7.12. The van der Waals surface area contributed by atoms with Crippen molar-refractivity contribution in [3.05, 3.63) is 21.4 Å². The first-order valence-corrected chi connectivity index (χ1v) is 8.00. The summed E-state index contributed by atoms with van der Waals surface area (Å²) in [7, 11) is 1.35. The molecular weight excluding hydrogens is 274 g/mol. The van der Waals surface area contributed by atoms with Crippen LogP contribution in [0.15, 0.2) is 5.38 Å². The fourth-order valence-corrected chi connectivity index (χ4v) is 3.71. The van der Waals surface area contributed by atoms with Crippen molar-refractivity contribution < 1.29 is 14.3 Å². The summed E-state index contributed by atoms with van der Waals surface area (Å²) in [5.74, 6) is -0.396. The number of ether oxygens (including phenoxy) is 1. The van der Waals surface area contributed by atoms with E-state index < -0.39 is 0 Å².